The van der Waals surface area contributed by atoms with Crippen LogP contribution in [0.4, 0.5) is 5.69 Å². The summed E-state index contributed by atoms with van der Waals surface area (Å²) in [7, 11) is 1.62. The smallest absolute Gasteiger partial charge is 0.161 e. The Balaban J connectivity index is 1.64. The Morgan fingerprint density at radius 3 is 2.46 bits per heavy atom. The summed E-state index contributed by atoms with van der Waals surface area (Å²) in [6, 6.07) is 23.0. The monoisotopic (exact) mass is 366 g/mol. The number of methoxy groups -OCH3 is 1. The minimum atomic E-state index is 0.441. The first-order chi connectivity index (χ1) is 12.7. The first-order valence-electron chi connectivity index (χ1n) is 8.14. The molecule has 0 fully saturated rings. The van der Waals surface area contributed by atoms with Crippen LogP contribution >= 0.6 is 11.6 Å². The maximum Gasteiger partial charge on any atom is 0.161 e. The molecule has 0 unspecified atom stereocenters. The van der Waals surface area contributed by atoms with E-state index in [4.69, 9.17) is 21.1 Å². The summed E-state index contributed by atoms with van der Waals surface area (Å²) in [6.45, 7) is 0.441. The normalized spacial score (nSPS) is 10.7. The molecular formula is C21H19ClN2O2. The van der Waals surface area contributed by atoms with E-state index in [9.17, 15) is 0 Å². The van der Waals surface area contributed by atoms with Crippen molar-refractivity contribution in [3.05, 3.63) is 88.9 Å². The van der Waals surface area contributed by atoms with E-state index >= 15 is 0 Å². The molecule has 0 atom stereocenters. The van der Waals surface area contributed by atoms with Crippen LogP contribution in [-0.2, 0) is 6.61 Å². The average molecular weight is 367 g/mol. The highest BCUT2D eigenvalue weighted by Gasteiger charge is 2.05. The summed E-state index contributed by atoms with van der Waals surface area (Å²) in [6.07, 6.45) is 1.73. The number of nitrogens with zero attached hydrogens (tertiary/aromatic N) is 1. The zero-order valence-electron chi connectivity index (χ0n) is 14.4. The number of benzene rings is 3. The van der Waals surface area contributed by atoms with Crippen LogP contribution in [0.2, 0.25) is 5.02 Å². The van der Waals surface area contributed by atoms with Crippen LogP contribution in [0.25, 0.3) is 0 Å². The second kappa shape index (κ2) is 8.92. The van der Waals surface area contributed by atoms with Gasteiger partial charge in [0.15, 0.2) is 11.5 Å². The molecule has 1 N–H and O–H groups in total. The van der Waals surface area contributed by atoms with Gasteiger partial charge in [-0.2, -0.15) is 5.10 Å². The van der Waals surface area contributed by atoms with Crippen molar-refractivity contribution in [1.82, 2.24) is 0 Å². The number of hydrogen-bond acceptors (Lipinski definition) is 4. The minimum Gasteiger partial charge on any atom is -0.493 e. The number of anilines is 1. The first kappa shape index (κ1) is 17.8. The fraction of sp³-hybridized carbons (Fsp3) is 0.0952. The summed E-state index contributed by atoms with van der Waals surface area (Å²) in [4.78, 5) is 0. The highest BCUT2D eigenvalue weighted by molar-refractivity contribution is 6.30. The van der Waals surface area contributed by atoms with Gasteiger partial charge in [0, 0.05) is 5.02 Å². The molecule has 26 heavy (non-hydrogen) atoms. The van der Waals surface area contributed by atoms with E-state index in [1.165, 1.54) is 0 Å². The summed E-state index contributed by atoms with van der Waals surface area (Å²) < 4.78 is 11.3. The average Bonchev–Trinajstić information content (AvgIpc) is 2.69. The molecule has 3 rings (SSSR count). The van der Waals surface area contributed by atoms with Crippen LogP contribution in [0, 0.1) is 0 Å². The summed E-state index contributed by atoms with van der Waals surface area (Å²) in [5.41, 5.74) is 5.86. The number of hydrogen-bond donors (Lipinski definition) is 1. The van der Waals surface area contributed by atoms with Gasteiger partial charge in [0.25, 0.3) is 0 Å². The number of nitrogens with one attached hydrogen (secondary N) is 1. The van der Waals surface area contributed by atoms with Crippen LogP contribution in [0.3, 0.4) is 0 Å². The van der Waals surface area contributed by atoms with E-state index in [0.29, 0.717) is 23.1 Å². The van der Waals surface area contributed by atoms with Crippen LogP contribution in [0.15, 0.2) is 77.9 Å². The van der Waals surface area contributed by atoms with Crippen molar-refractivity contribution in [2.75, 3.05) is 12.5 Å². The van der Waals surface area contributed by atoms with Crippen molar-refractivity contribution in [2.45, 2.75) is 6.61 Å². The second-order valence-electron chi connectivity index (χ2n) is 5.56. The Kier molecular flexibility index (Phi) is 6.12. The third-order valence-electron chi connectivity index (χ3n) is 3.68. The fourth-order valence-electron chi connectivity index (χ4n) is 2.32. The molecular weight excluding hydrogens is 348 g/mol. The minimum absolute atomic E-state index is 0.441. The van der Waals surface area contributed by atoms with Crippen LogP contribution < -0.4 is 14.9 Å². The Hall–Kier alpha value is -2.98. The van der Waals surface area contributed by atoms with Gasteiger partial charge in [0.2, 0.25) is 0 Å². The lowest BCUT2D eigenvalue weighted by Gasteiger charge is -2.11. The van der Waals surface area contributed by atoms with E-state index in [0.717, 1.165) is 16.8 Å². The Bertz CT molecular complexity index is 865. The topological polar surface area (TPSA) is 42.8 Å². The third-order valence-corrected chi connectivity index (χ3v) is 3.93. The van der Waals surface area contributed by atoms with Crippen molar-refractivity contribution in [1.29, 1.82) is 0 Å². The molecule has 0 saturated carbocycles. The van der Waals surface area contributed by atoms with Crippen molar-refractivity contribution in [2.24, 2.45) is 5.10 Å². The predicted molar refractivity (Wildman–Crippen MR) is 106 cm³/mol. The maximum absolute atomic E-state index is 5.90. The molecule has 0 aromatic heterocycles. The summed E-state index contributed by atoms with van der Waals surface area (Å²) in [5.74, 6) is 1.33. The van der Waals surface area contributed by atoms with Gasteiger partial charge in [0.1, 0.15) is 6.61 Å². The lowest BCUT2D eigenvalue weighted by Crippen LogP contribution is -1.98. The standard InChI is InChI=1S/C21H19ClN2O2/c1-25-21-13-17(14-23-24-19-5-3-2-4-6-19)9-12-20(21)26-15-16-7-10-18(22)11-8-16/h2-14,24H,15H2,1H3/b23-14-. The lowest BCUT2D eigenvalue weighted by atomic mass is 10.2. The van der Waals surface area contributed by atoms with Gasteiger partial charge < -0.3 is 9.47 Å². The van der Waals surface area contributed by atoms with E-state index in [2.05, 4.69) is 10.5 Å². The zero-order chi connectivity index (χ0) is 18.2. The number of ether oxygens (including phenoxy) is 2. The largest absolute Gasteiger partial charge is 0.493 e. The Morgan fingerprint density at radius 1 is 0.962 bits per heavy atom. The molecule has 4 nitrogen and oxygen atoms in total. The van der Waals surface area contributed by atoms with E-state index < -0.39 is 0 Å². The molecule has 0 amide bonds. The molecule has 0 aliphatic rings. The number of rotatable bonds is 7. The van der Waals surface area contributed by atoms with E-state index in [-0.39, 0.29) is 0 Å². The predicted octanol–water partition coefficient (Wildman–Crippen LogP) is 5.37. The van der Waals surface area contributed by atoms with Crippen LogP contribution in [0.5, 0.6) is 11.5 Å². The second-order valence-corrected chi connectivity index (χ2v) is 6.00. The van der Waals surface area contributed by atoms with Crippen molar-refractivity contribution in [3.63, 3.8) is 0 Å². The van der Waals surface area contributed by atoms with Crippen molar-refractivity contribution in [3.8, 4) is 11.5 Å². The van der Waals surface area contributed by atoms with Gasteiger partial charge in [-0.15, -0.1) is 0 Å². The zero-order valence-corrected chi connectivity index (χ0v) is 15.1. The molecule has 0 heterocycles. The molecule has 3 aromatic rings. The molecule has 3 aromatic carbocycles. The van der Waals surface area contributed by atoms with Gasteiger partial charge >= 0.3 is 0 Å². The molecule has 132 valence electrons. The molecule has 0 spiro atoms. The summed E-state index contributed by atoms with van der Waals surface area (Å²) >= 11 is 5.90. The van der Waals surface area contributed by atoms with Crippen molar-refractivity contribution < 1.29 is 9.47 Å². The lowest BCUT2D eigenvalue weighted by molar-refractivity contribution is 0.284. The molecule has 5 heteroatoms. The third kappa shape index (κ3) is 5.01. The van der Waals surface area contributed by atoms with Gasteiger partial charge in [0.05, 0.1) is 19.0 Å². The maximum atomic E-state index is 5.90. The highest BCUT2D eigenvalue weighted by atomic mass is 35.5. The number of halogens is 1. The molecule has 0 aliphatic heterocycles. The van der Waals surface area contributed by atoms with Gasteiger partial charge in [-0.05, 0) is 53.6 Å². The van der Waals surface area contributed by atoms with Gasteiger partial charge in [-0.3, -0.25) is 5.43 Å². The van der Waals surface area contributed by atoms with Gasteiger partial charge in [-0.1, -0.05) is 41.9 Å². The fourth-order valence-corrected chi connectivity index (χ4v) is 2.45. The van der Waals surface area contributed by atoms with Crippen molar-refractivity contribution >= 4 is 23.5 Å². The van der Waals surface area contributed by atoms with Crippen LogP contribution in [0.1, 0.15) is 11.1 Å². The first-order valence-corrected chi connectivity index (χ1v) is 8.52. The van der Waals surface area contributed by atoms with Crippen LogP contribution in [-0.4, -0.2) is 13.3 Å². The van der Waals surface area contributed by atoms with E-state index in [1.807, 2.05) is 72.8 Å². The van der Waals surface area contributed by atoms with Gasteiger partial charge in [-0.25, -0.2) is 0 Å². The van der Waals surface area contributed by atoms with E-state index in [1.54, 1.807) is 13.3 Å². The Labute approximate surface area is 158 Å². The highest BCUT2D eigenvalue weighted by Crippen LogP contribution is 2.28. The number of para-hydroxylation sites is 1. The Morgan fingerprint density at radius 2 is 1.73 bits per heavy atom. The molecule has 0 bridgehead atoms. The number of hydrazone groups is 1. The SMILES string of the molecule is COc1cc(/C=N\Nc2ccccc2)ccc1OCc1ccc(Cl)cc1. The quantitative estimate of drug-likeness (QED) is 0.451. The summed E-state index contributed by atoms with van der Waals surface area (Å²) in [5, 5.41) is 4.94. The molecule has 0 aliphatic carbocycles. The molecule has 0 saturated heterocycles. The molecule has 0 radical (unpaired) electrons.